The third kappa shape index (κ3) is 3.34. The van der Waals surface area contributed by atoms with Crippen LogP contribution in [0, 0.1) is 16.7 Å². The standard InChI is InChI=1S/C14H21N3O/c1-14(5-7-17(2)8-6-14)11-16-10-13-4-3-12(9-15)18-13/h3-4,16H,5-8,10-11H2,1-2H3. The van der Waals surface area contributed by atoms with Gasteiger partial charge >= 0.3 is 0 Å². The Morgan fingerprint density at radius 3 is 2.78 bits per heavy atom. The Bertz CT molecular complexity index is 424. The fraction of sp³-hybridized carbons (Fsp3) is 0.643. The van der Waals surface area contributed by atoms with Gasteiger partial charge in [0.25, 0.3) is 0 Å². The van der Waals surface area contributed by atoms with E-state index in [1.807, 2.05) is 12.1 Å². The van der Waals surface area contributed by atoms with E-state index in [1.54, 1.807) is 6.07 Å². The average molecular weight is 247 g/mol. The molecule has 2 heterocycles. The van der Waals surface area contributed by atoms with Gasteiger partial charge < -0.3 is 14.6 Å². The fourth-order valence-corrected chi connectivity index (χ4v) is 2.36. The molecule has 0 bridgehead atoms. The average Bonchev–Trinajstić information content (AvgIpc) is 2.81. The molecule has 1 N–H and O–H groups in total. The monoisotopic (exact) mass is 247 g/mol. The summed E-state index contributed by atoms with van der Waals surface area (Å²) in [5.41, 5.74) is 0.386. The van der Waals surface area contributed by atoms with Gasteiger partial charge in [-0.15, -0.1) is 0 Å². The first-order valence-corrected chi connectivity index (χ1v) is 6.49. The molecule has 98 valence electrons. The summed E-state index contributed by atoms with van der Waals surface area (Å²) < 4.78 is 5.34. The second-order valence-corrected chi connectivity index (χ2v) is 5.60. The molecule has 18 heavy (non-hydrogen) atoms. The number of rotatable bonds is 4. The van der Waals surface area contributed by atoms with Crippen LogP contribution < -0.4 is 5.32 Å². The highest BCUT2D eigenvalue weighted by atomic mass is 16.3. The molecule has 0 aliphatic carbocycles. The third-order valence-corrected chi connectivity index (χ3v) is 3.82. The first kappa shape index (κ1) is 13.1. The molecule has 0 radical (unpaired) electrons. The van der Waals surface area contributed by atoms with E-state index in [4.69, 9.17) is 9.68 Å². The molecule has 0 spiro atoms. The molecule has 2 rings (SSSR count). The summed E-state index contributed by atoms with van der Waals surface area (Å²) in [7, 11) is 2.18. The van der Waals surface area contributed by atoms with E-state index in [1.165, 1.54) is 25.9 Å². The maximum absolute atomic E-state index is 8.68. The Morgan fingerprint density at radius 1 is 1.44 bits per heavy atom. The molecular weight excluding hydrogens is 226 g/mol. The maximum Gasteiger partial charge on any atom is 0.203 e. The van der Waals surface area contributed by atoms with E-state index in [9.17, 15) is 0 Å². The highest BCUT2D eigenvalue weighted by Crippen LogP contribution is 2.29. The molecule has 4 heteroatoms. The maximum atomic E-state index is 8.68. The molecule has 1 saturated heterocycles. The predicted octanol–water partition coefficient (Wildman–Crippen LogP) is 1.97. The van der Waals surface area contributed by atoms with E-state index in [0.29, 0.717) is 17.7 Å². The lowest BCUT2D eigenvalue weighted by Gasteiger charge is -2.38. The van der Waals surface area contributed by atoms with Crippen molar-refractivity contribution < 1.29 is 4.42 Å². The van der Waals surface area contributed by atoms with Crippen molar-refractivity contribution in [3.05, 3.63) is 23.7 Å². The zero-order chi connectivity index (χ0) is 13.0. The summed E-state index contributed by atoms with van der Waals surface area (Å²) in [5.74, 6) is 1.22. The SMILES string of the molecule is CN1CCC(C)(CNCc2ccc(C#N)o2)CC1. The van der Waals surface area contributed by atoms with Crippen LogP contribution in [0.15, 0.2) is 16.5 Å². The van der Waals surface area contributed by atoms with Crippen molar-refractivity contribution in [1.29, 1.82) is 5.26 Å². The van der Waals surface area contributed by atoms with E-state index < -0.39 is 0 Å². The molecule has 1 aromatic rings. The molecule has 4 nitrogen and oxygen atoms in total. The quantitative estimate of drug-likeness (QED) is 0.884. The molecular formula is C14H21N3O. The number of piperidine rings is 1. The van der Waals surface area contributed by atoms with E-state index in [0.717, 1.165) is 12.3 Å². The van der Waals surface area contributed by atoms with Gasteiger partial charge in [-0.2, -0.15) is 5.26 Å². The van der Waals surface area contributed by atoms with Crippen LogP contribution in [0.5, 0.6) is 0 Å². The van der Waals surface area contributed by atoms with Gasteiger partial charge in [0, 0.05) is 6.54 Å². The Hall–Kier alpha value is -1.31. The van der Waals surface area contributed by atoms with E-state index in [2.05, 4.69) is 24.2 Å². The number of nitrogens with one attached hydrogen (secondary N) is 1. The zero-order valence-electron chi connectivity index (χ0n) is 11.2. The van der Waals surface area contributed by atoms with Gasteiger partial charge in [-0.1, -0.05) is 6.92 Å². The van der Waals surface area contributed by atoms with Crippen LogP contribution in [0.2, 0.25) is 0 Å². The van der Waals surface area contributed by atoms with E-state index in [-0.39, 0.29) is 0 Å². The van der Waals surface area contributed by atoms with Gasteiger partial charge in [-0.25, -0.2) is 0 Å². The highest BCUT2D eigenvalue weighted by Gasteiger charge is 2.28. The van der Waals surface area contributed by atoms with E-state index >= 15 is 0 Å². The van der Waals surface area contributed by atoms with Gasteiger partial charge in [-0.3, -0.25) is 0 Å². The van der Waals surface area contributed by atoms with Crippen molar-refractivity contribution >= 4 is 0 Å². The summed E-state index contributed by atoms with van der Waals surface area (Å²) >= 11 is 0. The molecule has 1 aliphatic heterocycles. The fourth-order valence-electron chi connectivity index (χ4n) is 2.36. The smallest absolute Gasteiger partial charge is 0.203 e. The molecule has 0 aromatic carbocycles. The minimum absolute atomic E-state index is 0.386. The van der Waals surface area contributed by atoms with Gasteiger partial charge in [0.15, 0.2) is 0 Å². The van der Waals surface area contributed by atoms with Crippen molar-refractivity contribution in [3.8, 4) is 6.07 Å². The molecule has 0 atom stereocenters. The Morgan fingerprint density at radius 2 is 2.17 bits per heavy atom. The van der Waals surface area contributed by atoms with Crippen LogP contribution in [0.3, 0.4) is 0 Å². The summed E-state index contributed by atoms with van der Waals surface area (Å²) in [6.45, 7) is 6.40. The number of nitrogens with zero attached hydrogens (tertiary/aromatic N) is 2. The third-order valence-electron chi connectivity index (χ3n) is 3.82. The first-order valence-electron chi connectivity index (χ1n) is 6.49. The van der Waals surface area contributed by atoms with Gasteiger partial charge in [0.05, 0.1) is 6.54 Å². The van der Waals surface area contributed by atoms with Crippen molar-refractivity contribution in [3.63, 3.8) is 0 Å². The number of hydrogen-bond donors (Lipinski definition) is 1. The minimum Gasteiger partial charge on any atom is -0.449 e. The predicted molar refractivity (Wildman–Crippen MR) is 70.0 cm³/mol. The van der Waals surface area contributed by atoms with Crippen molar-refractivity contribution in [2.45, 2.75) is 26.3 Å². The molecule has 0 amide bonds. The molecule has 1 aliphatic rings. The Balaban J connectivity index is 1.76. The molecule has 1 fully saturated rings. The lowest BCUT2D eigenvalue weighted by atomic mass is 9.80. The normalized spacial score (nSPS) is 19.6. The lowest BCUT2D eigenvalue weighted by Crippen LogP contribution is -2.41. The summed E-state index contributed by atoms with van der Waals surface area (Å²) in [5, 5.41) is 12.1. The lowest BCUT2D eigenvalue weighted by molar-refractivity contribution is 0.136. The summed E-state index contributed by atoms with van der Waals surface area (Å²) in [6.07, 6.45) is 2.47. The van der Waals surface area contributed by atoms with Crippen LogP contribution in [0.1, 0.15) is 31.3 Å². The number of likely N-dealkylation sites (tertiary alicyclic amines) is 1. The number of nitriles is 1. The van der Waals surface area contributed by atoms with Crippen LogP contribution in [-0.4, -0.2) is 31.6 Å². The summed E-state index contributed by atoms with van der Waals surface area (Å²) in [4.78, 5) is 2.38. The second kappa shape index (κ2) is 5.55. The van der Waals surface area contributed by atoms with Crippen LogP contribution >= 0.6 is 0 Å². The van der Waals surface area contributed by atoms with Gasteiger partial charge in [0.2, 0.25) is 5.76 Å². The zero-order valence-corrected chi connectivity index (χ0v) is 11.2. The second-order valence-electron chi connectivity index (χ2n) is 5.60. The van der Waals surface area contributed by atoms with Crippen molar-refractivity contribution in [2.24, 2.45) is 5.41 Å². The van der Waals surface area contributed by atoms with Crippen LogP contribution in [0.25, 0.3) is 0 Å². The Kier molecular flexibility index (Phi) is 4.05. The number of hydrogen-bond acceptors (Lipinski definition) is 4. The van der Waals surface area contributed by atoms with Crippen LogP contribution in [-0.2, 0) is 6.54 Å². The van der Waals surface area contributed by atoms with Gasteiger partial charge in [0.1, 0.15) is 11.8 Å². The van der Waals surface area contributed by atoms with Gasteiger partial charge in [-0.05, 0) is 50.5 Å². The summed E-state index contributed by atoms with van der Waals surface area (Å²) in [6, 6.07) is 5.58. The van der Waals surface area contributed by atoms with Crippen LogP contribution in [0.4, 0.5) is 0 Å². The number of furan rings is 1. The molecule has 0 saturated carbocycles. The Labute approximate surface area is 109 Å². The first-order chi connectivity index (χ1) is 8.61. The largest absolute Gasteiger partial charge is 0.449 e. The highest BCUT2D eigenvalue weighted by molar-refractivity contribution is 5.18. The topological polar surface area (TPSA) is 52.2 Å². The molecule has 1 aromatic heterocycles. The van der Waals surface area contributed by atoms with Crippen molar-refractivity contribution in [2.75, 3.05) is 26.7 Å². The minimum atomic E-state index is 0.386. The van der Waals surface area contributed by atoms with Crippen molar-refractivity contribution in [1.82, 2.24) is 10.2 Å². The molecule has 0 unspecified atom stereocenters.